The quantitative estimate of drug-likeness (QED) is 0.140. The van der Waals surface area contributed by atoms with Crippen molar-refractivity contribution in [2.45, 2.75) is 416 Å². The van der Waals surface area contributed by atoms with Crippen molar-refractivity contribution >= 4 is 0 Å². The lowest BCUT2D eigenvalue weighted by Crippen LogP contribution is -2.46. The summed E-state index contributed by atoms with van der Waals surface area (Å²) >= 11 is 0. The molecule has 21 rings (SSSR count). The summed E-state index contributed by atoms with van der Waals surface area (Å²) in [6.07, 6.45) is 26.0. The summed E-state index contributed by atoms with van der Waals surface area (Å²) in [7, 11) is 0. The van der Waals surface area contributed by atoms with E-state index in [1.807, 2.05) is 0 Å². The highest BCUT2D eigenvalue weighted by atomic mass is 14.7. The maximum atomic E-state index is 2.49. The molecular weight excluding hydrogens is 1730 g/mol. The van der Waals surface area contributed by atoms with Gasteiger partial charge >= 0.3 is 0 Å². The largest absolute Gasteiger partial charge is 0.0682 e. The van der Waals surface area contributed by atoms with Crippen LogP contribution < -0.4 is 0 Å². The molecule has 3 fully saturated rings. The fraction of sp³-hybridized carbons (Fsp3) is 0.514. The van der Waals surface area contributed by atoms with Crippen LogP contribution in [0.4, 0.5) is 0 Å². The SMILES string of the molecule is CC1=C(C)C(C)(C)C2(CCCC2)C1(C)C.CC1=C(C)C(C)(C)C2(CCCCC2)C1(C)C.CC1=C(C)C(C)(c2ccccc2)CC1(C)C.CC1=C(C)C(C)(c2ccccc2)CC1(C)c1ccccc1.CC1=C(C)C(C)(c2ccccc2)CC1(C)c1ccccc1.CC1=C(C)C(c2ccccc2)(c2ccccc2)CC1(C)C.CC1=C(C)C2(CC1(C)C)c1ccccc1-c1ccccc12.CC1=C(C)C2(CCCC2)CC1(C)C. The van der Waals surface area contributed by atoms with Crippen molar-refractivity contribution in [1.82, 2.24) is 0 Å². The second kappa shape index (κ2) is 40.4. The summed E-state index contributed by atoms with van der Waals surface area (Å²) in [6.45, 7) is 88.3. The zero-order valence-corrected chi connectivity index (χ0v) is 97.8. The Morgan fingerprint density at radius 2 is 0.354 bits per heavy atom. The normalized spacial score (nSPS) is 27.0. The van der Waals surface area contributed by atoms with E-state index in [9.17, 15) is 0 Å². The summed E-state index contributed by atoms with van der Waals surface area (Å²) in [5.41, 5.74) is 47.0. The van der Waals surface area contributed by atoms with E-state index in [-0.39, 0.29) is 48.7 Å². The standard InChI is InChI=1S/C21H22.3C21H24.C16H28.C16H22.C15H26.C13H22/c1-14-15(2)21(13-20(14,3)4)18-11-7-5-9-16(18)17-10-6-8-12-19(17)21;2*1-16-17(2)21(4,19-13-9-6-10-14-19)15-20(16,3)18-11-7-5-8-12-18;1-16-17(2)21(15-20(16,3)4,18-11-7-5-8-12-18)19-13-9-6-10-14-19;1-12-13(2)15(5,6)16(14(12,3)4)10-8-7-9-11-16;1-12-13(2)16(5,11-15(12,3)4)14-9-7-6-8-10-14;1-11-12(2)14(5,6)15(13(11,3)4)9-7-8-10-15;1-10-11(2)13(7-5-6-8-13)9-12(10,3)4/h5-12H,13H2,1-4H3;3*5-14H,15H2,1-4H3;7-11H2,1-6H3;6-10H,11H2,1-5H3;7-10H2,1-6H3;5-9H2,1-4H3. The van der Waals surface area contributed by atoms with Gasteiger partial charge in [0.25, 0.3) is 0 Å². The summed E-state index contributed by atoms with van der Waals surface area (Å²) in [5.74, 6) is 0. The van der Waals surface area contributed by atoms with Gasteiger partial charge in [-0.3, -0.25) is 0 Å². The molecule has 0 aliphatic heterocycles. The van der Waals surface area contributed by atoms with Crippen molar-refractivity contribution in [3.05, 3.63) is 400 Å². The molecule has 12 aliphatic rings. The second-order valence-electron chi connectivity index (χ2n) is 53.6. The molecule has 5 unspecified atom stereocenters. The first-order valence-electron chi connectivity index (χ1n) is 56.4. The molecule has 0 aromatic heterocycles. The van der Waals surface area contributed by atoms with Gasteiger partial charge < -0.3 is 0 Å². The van der Waals surface area contributed by atoms with E-state index in [0.717, 1.165) is 19.3 Å². The Morgan fingerprint density at radius 1 is 0.153 bits per heavy atom. The number of hydrogen-bond donors (Lipinski definition) is 0. The molecule has 9 aromatic rings. The topological polar surface area (TPSA) is 0 Å². The Kier molecular flexibility index (Phi) is 31.0. The van der Waals surface area contributed by atoms with Gasteiger partial charge in [0.1, 0.15) is 0 Å². The van der Waals surface area contributed by atoms with Crippen LogP contribution in [0.1, 0.15) is 428 Å². The first-order valence-corrected chi connectivity index (χ1v) is 56.4. The van der Waals surface area contributed by atoms with Crippen molar-refractivity contribution in [1.29, 1.82) is 0 Å². The predicted octanol–water partition coefficient (Wildman–Crippen LogP) is 42.1. The van der Waals surface area contributed by atoms with E-state index >= 15 is 0 Å². The zero-order valence-electron chi connectivity index (χ0n) is 97.8. The smallest absolute Gasteiger partial charge is 0.0431 e. The Morgan fingerprint density at radius 3 is 0.597 bits per heavy atom. The third-order valence-electron chi connectivity index (χ3n) is 45.1. The van der Waals surface area contributed by atoms with Gasteiger partial charge in [-0.25, -0.2) is 0 Å². The van der Waals surface area contributed by atoms with Gasteiger partial charge in [0.2, 0.25) is 0 Å². The lowest BCUT2D eigenvalue weighted by molar-refractivity contribution is -0.0196. The number of rotatable bonds is 7. The van der Waals surface area contributed by atoms with Crippen LogP contribution in [-0.2, 0) is 37.9 Å². The molecule has 0 saturated heterocycles. The first kappa shape index (κ1) is 111. The molecule has 0 heteroatoms. The average Bonchev–Trinajstić information content (AvgIpc) is 2.10. The summed E-state index contributed by atoms with van der Waals surface area (Å²) < 4.78 is 0. The Labute approximate surface area is 880 Å². The van der Waals surface area contributed by atoms with Gasteiger partial charge in [0.15, 0.2) is 0 Å². The monoisotopic (exact) mass is 1920 g/mol. The fourth-order valence-corrected chi connectivity index (χ4v) is 33.1. The second-order valence-corrected chi connectivity index (χ2v) is 53.6. The van der Waals surface area contributed by atoms with E-state index in [2.05, 4.69) is 517 Å². The Balaban J connectivity index is 0.000000131. The number of benzene rings is 9. The highest BCUT2D eigenvalue weighted by Crippen LogP contribution is 2.73. The molecule has 5 atom stereocenters. The van der Waals surface area contributed by atoms with Crippen molar-refractivity contribution in [2.24, 2.45) is 59.6 Å². The maximum Gasteiger partial charge on any atom is 0.0431 e. The lowest BCUT2D eigenvalue weighted by atomic mass is 9.50. The lowest BCUT2D eigenvalue weighted by Gasteiger charge is -2.53. The van der Waals surface area contributed by atoms with Crippen molar-refractivity contribution < 1.29 is 0 Å². The Bertz CT molecular complexity index is 5940. The highest BCUT2D eigenvalue weighted by Gasteiger charge is 2.64. The van der Waals surface area contributed by atoms with Gasteiger partial charge in [-0.1, -0.05) is 540 Å². The van der Waals surface area contributed by atoms with Crippen LogP contribution in [0.15, 0.2) is 350 Å². The minimum absolute atomic E-state index is 0.0239. The van der Waals surface area contributed by atoms with Crippen molar-refractivity contribution in [3.63, 3.8) is 0 Å². The van der Waals surface area contributed by atoms with E-state index in [1.54, 1.807) is 55.7 Å². The summed E-state index contributed by atoms with van der Waals surface area (Å²) in [5, 5.41) is 0. The van der Waals surface area contributed by atoms with Gasteiger partial charge in [0, 0.05) is 37.9 Å². The maximum absolute atomic E-state index is 2.49. The number of hydrogen-bond acceptors (Lipinski definition) is 0. The summed E-state index contributed by atoms with van der Waals surface area (Å²) in [4.78, 5) is 0. The first-order chi connectivity index (χ1) is 67.3. The molecule has 0 nitrogen and oxygen atoms in total. The molecule has 0 heterocycles. The molecule has 0 amide bonds. The molecular formula is C144H192. The minimum Gasteiger partial charge on any atom is -0.0682 e. The molecule has 144 heavy (non-hydrogen) atoms. The van der Waals surface area contributed by atoms with Crippen LogP contribution in [0.5, 0.6) is 0 Å². The Hall–Kier alpha value is -9.10. The third-order valence-corrected chi connectivity index (χ3v) is 45.1. The van der Waals surface area contributed by atoms with Crippen LogP contribution in [0.2, 0.25) is 0 Å². The fourth-order valence-electron chi connectivity index (χ4n) is 33.1. The van der Waals surface area contributed by atoms with Gasteiger partial charge in [0.05, 0.1) is 0 Å². The molecule has 768 valence electrons. The van der Waals surface area contributed by atoms with Crippen LogP contribution in [0, 0.1) is 59.6 Å². The molecule has 0 radical (unpaired) electrons. The molecule has 0 bridgehead atoms. The van der Waals surface area contributed by atoms with Crippen LogP contribution >= 0.6 is 0 Å². The molecule has 3 saturated carbocycles. The van der Waals surface area contributed by atoms with E-state index in [4.69, 9.17) is 0 Å². The highest BCUT2D eigenvalue weighted by molar-refractivity contribution is 5.84. The number of allylic oxidation sites excluding steroid dienone is 16. The summed E-state index contributed by atoms with van der Waals surface area (Å²) in [6, 6.07) is 94.7. The average molecular weight is 1920 g/mol. The van der Waals surface area contributed by atoms with Crippen LogP contribution in [-0.4, -0.2) is 0 Å². The molecule has 4 spiro atoms. The number of fused-ring (bicyclic) bond motifs is 5. The van der Waals surface area contributed by atoms with Crippen LogP contribution in [0.3, 0.4) is 0 Å². The van der Waals surface area contributed by atoms with Crippen LogP contribution in [0.25, 0.3) is 11.1 Å². The van der Waals surface area contributed by atoms with Gasteiger partial charge in [-0.2, -0.15) is 0 Å². The van der Waals surface area contributed by atoms with Crippen molar-refractivity contribution in [2.75, 3.05) is 0 Å². The van der Waals surface area contributed by atoms with E-state index < -0.39 is 0 Å². The molecule has 12 aliphatic carbocycles. The minimum atomic E-state index is 0.0239. The molecule has 9 aromatic carbocycles. The molecule has 0 N–H and O–H groups in total. The van der Waals surface area contributed by atoms with Gasteiger partial charge in [-0.05, 0) is 309 Å². The van der Waals surface area contributed by atoms with E-state index in [1.165, 1.54) is 197 Å². The van der Waals surface area contributed by atoms with E-state index in [0.29, 0.717) is 48.7 Å². The zero-order chi connectivity index (χ0) is 105. The predicted molar refractivity (Wildman–Crippen MR) is 628 cm³/mol. The van der Waals surface area contributed by atoms with Crippen molar-refractivity contribution in [3.8, 4) is 11.1 Å². The third kappa shape index (κ3) is 18.4. The van der Waals surface area contributed by atoms with Gasteiger partial charge in [-0.15, -0.1) is 0 Å².